The summed E-state index contributed by atoms with van der Waals surface area (Å²) in [6, 6.07) is 16.7. The second kappa shape index (κ2) is 6.22. The molecule has 1 aliphatic rings. The minimum Gasteiger partial charge on any atom is -0.423 e. The summed E-state index contributed by atoms with van der Waals surface area (Å²) in [5.41, 5.74) is 3.03. The van der Waals surface area contributed by atoms with Crippen LogP contribution in [0.4, 0.5) is 6.01 Å². The van der Waals surface area contributed by atoms with Crippen molar-refractivity contribution in [1.82, 2.24) is 9.88 Å². The molecule has 0 saturated carbocycles. The fourth-order valence-corrected chi connectivity index (χ4v) is 3.20. The van der Waals surface area contributed by atoms with Crippen molar-refractivity contribution in [2.45, 2.75) is 6.54 Å². The number of piperazine rings is 1. The highest BCUT2D eigenvalue weighted by Crippen LogP contribution is 2.23. The Labute approximate surface area is 140 Å². The molecule has 1 aromatic heterocycles. The minimum absolute atomic E-state index is 0.730. The zero-order chi connectivity index (χ0) is 15.6. The number of benzene rings is 2. The summed E-state index contributed by atoms with van der Waals surface area (Å²) in [6.45, 7) is 4.76. The van der Waals surface area contributed by atoms with Gasteiger partial charge < -0.3 is 9.32 Å². The Balaban J connectivity index is 1.40. The lowest BCUT2D eigenvalue weighted by molar-refractivity contribution is 0.245. The molecule has 1 fully saturated rings. The predicted molar refractivity (Wildman–Crippen MR) is 93.0 cm³/mol. The third-order valence-electron chi connectivity index (χ3n) is 4.22. The van der Waals surface area contributed by atoms with E-state index in [1.807, 2.05) is 42.5 Å². The van der Waals surface area contributed by atoms with E-state index in [4.69, 9.17) is 16.0 Å². The van der Waals surface area contributed by atoms with Gasteiger partial charge in [0.25, 0.3) is 6.01 Å². The van der Waals surface area contributed by atoms with Gasteiger partial charge in [-0.2, -0.15) is 4.98 Å². The first-order valence-electron chi connectivity index (χ1n) is 7.85. The quantitative estimate of drug-likeness (QED) is 0.732. The van der Waals surface area contributed by atoms with E-state index in [0.29, 0.717) is 0 Å². The third-order valence-corrected chi connectivity index (χ3v) is 4.46. The van der Waals surface area contributed by atoms with Crippen LogP contribution >= 0.6 is 11.6 Å². The van der Waals surface area contributed by atoms with E-state index in [1.165, 1.54) is 5.56 Å². The fourth-order valence-electron chi connectivity index (χ4n) is 2.99. The standard InChI is InChI=1S/C18H18ClN3O/c19-15-5-3-4-14(12-15)13-21-8-10-22(11-9-21)18-20-16-6-1-2-7-17(16)23-18/h1-7,12H,8-11,13H2. The average Bonchev–Trinajstić information content (AvgIpc) is 2.99. The Morgan fingerprint density at radius 2 is 1.83 bits per heavy atom. The second-order valence-corrected chi connectivity index (χ2v) is 6.29. The summed E-state index contributed by atoms with van der Waals surface area (Å²) < 4.78 is 5.86. The van der Waals surface area contributed by atoms with Gasteiger partial charge >= 0.3 is 0 Å². The van der Waals surface area contributed by atoms with Crippen molar-refractivity contribution < 1.29 is 4.42 Å². The van der Waals surface area contributed by atoms with Gasteiger partial charge in [0.1, 0.15) is 5.52 Å². The summed E-state index contributed by atoms with van der Waals surface area (Å²) in [5, 5.41) is 0.799. The van der Waals surface area contributed by atoms with Crippen LogP contribution in [0, 0.1) is 0 Å². The topological polar surface area (TPSA) is 32.5 Å². The van der Waals surface area contributed by atoms with Gasteiger partial charge in [0.05, 0.1) is 0 Å². The normalized spacial score (nSPS) is 16.1. The van der Waals surface area contributed by atoms with Gasteiger partial charge in [-0.25, -0.2) is 0 Å². The zero-order valence-corrected chi connectivity index (χ0v) is 13.5. The molecule has 0 aliphatic carbocycles. The van der Waals surface area contributed by atoms with Crippen LogP contribution in [0.5, 0.6) is 0 Å². The average molecular weight is 328 g/mol. The smallest absolute Gasteiger partial charge is 0.298 e. The van der Waals surface area contributed by atoms with Crippen molar-refractivity contribution in [3.63, 3.8) is 0 Å². The first kappa shape index (κ1) is 14.5. The van der Waals surface area contributed by atoms with Crippen LogP contribution in [0.2, 0.25) is 5.02 Å². The molecular formula is C18H18ClN3O. The Hall–Kier alpha value is -2.04. The van der Waals surface area contributed by atoms with Gasteiger partial charge in [0.2, 0.25) is 0 Å². The summed E-state index contributed by atoms with van der Waals surface area (Å²) in [7, 11) is 0. The highest BCUT2D eigenvalue weighted by molar-refractivity contribution is 6.30. The molecule has 0 N–H and O–H groups in total. The van der Waals surface area contributed by atoms with Crippen LogP contribution in [0.3, 0.4) is 0 Å². The number of fused-ring (bicyclic) bond motifs is 1. The van der Waals surface area contributed by atoms with Crippen molar-refractivity contribution >= 4 is 28.7 Å². The van der Waals surface area contributed by atoms with Gasteiger partial charge in [-0.1, -0.05) is 35.9 Å². The molecule has 0 spiro atoms. The maximum atomic E-state index is 6.06. The predicted octanol–water partition coefficient (Wildman–Crippen LogP) is 3.80. The molecule has 2 aromatic carbocycles. The highest BCUT2D eigenvalue weighted by atomic mass is 35.5. The molecule has 0 atom stereocenters. The van der Waals surface area contributed by atoms with Crippen LogP contribution in [0.25, 0.3) is 11.1 Å². The maximum absolute atomic E-state index is 6.06. The van der Waals surface area contributed by atoms with Crippen LogP contribution < -0.4 is 4.90 Å². The lowest BCUT2D eigenvalue weighted by Crippen LogP contribution is -2.46. The van der Waals surface area contributed by atoms with E-state index >= 15 is 0 Å². The van der Waals surface area contributed by atoms with Gasteiger partial charge in [-0.15, -0.1) is 0 Å². The van der Waals surface area contributed by atoms with E-state index in [2.05, 4.69) is 20.9 Å². The van der Waals surface area contributed by atoms with E-state index in [-0.39, 0.29) is 0 Å². The largest absolute Gasteiger partial charge is 0.423 e. The van der Waals surface area contributed by atoms with Crippen molar-refractivity contribution in [3.05, 3.63) is 59.1 Å². The van der Waals surface area contributed by atoms with Gasteiger partial charge in [0, 0.05) is 37.7 Å². The van der Waals surface area contributed by atoms with E-state index < -0.39 is 0 Å². The molecule has 0 amide bonds. The third kappa shape index (κ3) is 3.19. The Kier molecular flexibility index (Phi) is 3.93. The fraction of sp³-hybridized carbons (Fsp3) is 0.278. The lowest BCUT2D eigenvalue weighted by atomic mass is 10.2. The summed E-state index contributed by atoms with van der Waals surface area (Å²) in [6.07, 6.45) is 0. The highest BCUT2D eigenvalue weighted by Gasteiger charge is 2.21. The number of aromatic nitrogens is 1. The van der Waals surface area contributed by atoms with Crippen LogP contribution in [-0.2, 0) is 6.54 Å². The van der Waals surface area contributed by atoms with Gasteiger partial charge in [-0.3, -0.25) is 4.90 Å². The molecular weight excluding hydrogens is 310 g/mol. The van der Waals surface area contributed by atoms with Gasteiger partial charge in [0.15, 0.2) is 5.58 Å². The molecule has 23 heavy (non-hydrogen) atoms. The van der Waals surface area contributed by atoms with Crippen molar-refractivity contribution in [1.29, 1.82) is 0 Å². The van der Waals surface area contributed by atoms with E-state index in [1.54, 1.807) is 0 Å². The van der Waals surface area contributed by atoms with Crippen molar-refractivity contribution in [2.24, 2.45) is 0 Å². The molecule has 0 bridgehead atoms. The summed E-state index contributed by atoms with van der Waals surface area (Å²) >= 11 is 6.06. The van der Waals surface area contributed by atoms with Crippen LogP contribution in [-0.4, -0.2) is 36.1 Å². The van der Waals surface area contributed by atoms with Gasteiger partial charge in [-0.05, 0) is 29.8 Å². The number of anilines is 1. The number of hydrogen-bond acceptors (Lipinski definition) is 4. The molecule has 3 aromatic rings. The monoisotopic (exact) mass is 327 g/mol. The zero-order valence-electron chi connectivity index (χ0n) is 12.8. The van der Waals surface area contributed by atoms with Crippen molar-refractivity contribution in [3.8, 4) is 0 Å². The van der Waals surface area contributed by atoms with Crippen molar-refractivity contribution in [2.75, 3.05) is 31.1 Å². The number of oxazole rings is 1. The number of rotatable bonds is 3. The molecule has 118 valence electrons. The number of nitrogens with zero attached hydrogens (tertiary/aromatic N) is 3. The van der Waals surface area contributed by atoms with Crippen LogP contribution in [0.1, 0.15) is 5.56 Å². The number of hydrogen-bond donors (Lipinski definition) is 0. The number of halogens is 1. The Morgan fingerprint density at radius 1 is 1.00 bits per heavy atom. The van der Waals surface area contributed by atoms with E-state index in [9.17, 15) is 0 Å². The molecule has 4 rings (SSSR count). The first-order valence-corrected chi connectivity index (χ1v) is 8.23. The Morgan fingerprint density at radius 3 is 2.61 bits per heavy atom. The molecule has 5 heteroatoms. The molecule has 4 nitrogen and oxygen atoms in total. The Bertz CT molecular complexity index is 776. The summed E-state index contributed by atoms with van der Waals surface area (Å²) in [4.78, 5) is 9.23. The molecule has 1 saturated heterocycles. The number of para-hydroxylation sites is 2. The minimum atomic E-state index is 0.730. The molecule has 0 unspecified atom stereocenters. The van der Waals surface area contributed by atoms with Crippen LogP contribution in [0.15, 0.2) is 52.9 Å². The SMILES string of the molecule is Clc1cccc(CN2CCN(c3nc4ccccc4o3)CC2)c1. The summed E-state index contributed by atoms with van der Waals surface area (Å²) in [5.74, 6) is 0. The van der Waals surface area contributed by atoms with E-state index in [0.717, 1.165) is 54.9 Å². The second-order valence-electron chi connectivity index (χ2n) is 5.86. The maximum Gasteiger partial charge on any atom is 0.298 e. The molecule has 2 heterocycles. The molecule has 0 radical (unpaired) electrons. The molecule has 1 aliphatic heterocycles. The lowest BCUT2D eigenvalue weighted by Gasteiger charge is -2.33. The first-order chi connectivity index (χ1) is 11.3.